The van der Waals surface area contributed by atoms with E-state index in [4.69, 9.17) is 0 Å². The van der Waals surface area contributed by atoms with Gasteiger partial charge in [-0.1, -0.05) is 45.3 Å². The molecule has 2 saturated carbocycles. The highest BCUT2D eigenvalue weighted by Gasteiger charge is 2.48. The standard InChI is InChI=1S/C17H28/c1-12-6-8-16-14(11-12)7-9-15-13(2)5-4-10-17(15,16)3/h8,12-15H,4-7,9-11H2,1-3H3/t12-,13+,14?,15?,17-/m1/s1. The van der Waals surface area contributed by atoms with Gasteiger partial charge in [-0.25, -0.2) is 0 Å². The molecule has 3 aliphatic carbocycles. The van der Waals surface area contributed by atoms with E-state index in [9.17, 15) is 0 Å². The van der Waals surface area contributed by atoms with E-state index < -0.39 is 0 Å². The van der Waals surface area contributed by atoms with Gasteiger partial charge in [-0.15, -0.1) is 0 Å². The smallest absolute Gasteiger partial charge is 0.00828 e. The van der Waals surface area contributed by atoms with Crippen molar-refractivity contribution in [3.05, 3.63) is 11.6 Å². The van der Waals surface area contributed by atoms with Crippen LogP contribution in [0.4, 0.5) is 0 Å². The average molecular weight is 232 g/mol. The Morgan fingerprint density at radius 2 is 2.00 bits per heavy atom. The van der Waals surface area contributed by atoms with Crippen molar-refractivity contribution in [3.8, 4) is 0 Å². The van der Waals surface area contributed by atoms with Crippen LogP contribution in [0.3, 0.4) is 0 Å². The monoisotopic (exact) mass is 232 g/mol. The van der Waals surface area contributed by atoms with Crippen LogP contribution in [-0.4, -0.2) is 0 Å². The molecule has 0 saturated heterocycles. The minimum Gasteiger partial charge on any atom is -0.0842 e. The molecule has 0 aliphatic heterocycles. The molecule has 0 nitrogen and oxygen atoms in total. The molecule has 0 radical (unpaired) electrons. The van der Waals surface area contributed by atoms with Crippen LogP contribution in [0.5, 0.6) is 0 Å². The van der Waals surface area contributed by atoms with Crippen LogP contribution in [0, 0.1) is 29.1 Å². The van der Waals surface area contributed by atoms with Crippen molar-refractivity contribution in [1.29, 1.82) is 0 Å². The van der Waals surface area contributed by atoms with Crippen LogP contribution < -0.4 is 0 Å². The summed E-state index contributed by atoms with van der Waals surface area (Å²) < 4.78 is 0. The molecule has 17 heavy (non-hydrogen) atoms. The summed E-state index contributed by atoms with van der Waals surface area (Å²) in [4.78, 5) is 0. The molecule has 0 heteroatoms. The van der Waals surface area contributed by atoms with Gasteiger partial charge in [0.1, 0.15) is 0 Å². The van der Waals surface area contributed by atoms with Crippen molar-refractivity contribution >= 4 is 0 Å². The molecule has 96 valence electrons. The number of rotatable bonds is 0. The summed E-state index contributed by atoms with van der Waals surface area (Å²) in [7, 11) is 0. The van der Waals surface area contributed by atoms with Gasteiger partial charge in [-0.2, -0.15) is 0 Å². The summed E-state index contributed by atoms with van der Waals surface area (Å²) in [6.45, 7) is 7.54. The lowest BCUT2D eigenvalue weighted by molar-refractivity contribution is 0.0442. The third-order valence-corrected chi connectivity index (χ3v) is 6.21. The molecule has 3 rings (SSSR count). The zero-order valence-electron chi connectivity index (χ0n) is 11.8. The fourth-order valence-corrected chi connectivity index (χ4v) is 5.32. The predicted octanol–water partition coefficient (Wildman–Crippen LogP) is 5.20. The Kier molecular flexibility index (Phi) is 2.88. The summed E-state index contributed by atoms with van der Waals surface area (Å²) >= 11 is 0. The van der Waals surface area contributed by atoms with Crippen LogP contribution >= 0.6 is 0 Å². The number of allylic oxidation sites excluding steroid dienone is 2. The summed E-state index contributed by atoms with van der Waals surface area (Å²) in [6.07, 6.45) is 12.9. The van der Waals surface area contributed by atoms with Gasteiger partial charge in [-0.3, -0.25) is 0 Å². The van der Waals surface area contributed by atoms with Gasteiger partial charge in [0.2, 0.25) is 0 Å². The highest BCUT2D eigenvalue weighted by atomic mass is 14.5. The Morgan fingerprint density at radius 1 is 1.18 bits per heavy atom. The first-order valence-corrected chi connectivity index (χ1v) is 7.82. The number of hydrogen-bond acceptors (Lipinski definition) is 0. The van der Waals surface area contributed by atoms with Crippen LogP contribution in [0.2, 0.25) is 0 Å². The van der Waals surface area contributed by atoms with E-state index >= 15 is 0 Å². The van der Waals surface area contributed by atoms with Gasteiger partial charge in [0, 0.05) is 0 Å². The molecule has 0 amide bonds. The maximum Gasteiger partial charge on any atom is -0.00828 e. The Labute approximate surface area is 107 Å². The molecule has 0 aromatic rings. The van der Waals surface area contributed by atoms with Crippen LogP contribution in [0.15, 0.2) is 11.6 Å². The van der Waals surface area contributed by atoms with Crippen molar-refractivity contribution in [1.82, 2.24) is 0 Å². The first-order valence-electron chi connectivity index (χ1n) is 7.82. The van der Waals surface area contributed by atoms with Gasteiger partial charge >= 0.3 is 0 Å². The van der Waals surface area contributed by atoms with E-state index in [1.165, 1.54) is 44.9 Å². The number of fused-ring (bicyclic) bond motifs is 3. The third-order valence-electron chi connectivity index (χ3n) is 6.21. The molecule has 0 N–H and O–H groups in total. The molecule has 0 spiro atoms. The predicted molar refractivity (Wildman–Crippen MR) is 73.8 cm³/mol. The zero-order chi connectivity index (χ0) is 12.0. The first-order chi connectivity index (χ1) is 8.11. The molecule has 0 bridgehead atoms. The fraction of sp³-hybridized carbons (Fsp3) is 0.882. The lowest BCUT2D eigenvalue weighted by Gasteiger charge is -2.54. The number of hydrogen-bond donors (Lipinski definition) is 0. The zero-order valence-corrected chi connectivity index (χ0v) is 11.8. The fourth-order valence-electron chi connectivity index (χ4n) is 5.32. The maximum absolute atomic E-state index is 2.66. The third kappa shape index (κ3) is 1.79. The highest BCUT2D eigenvalue weighted by Crippen LogP contribution is 2.58. The molecule has 0 heterocycles. The van der Waals surface area contributed by atoms with Crippen LogP contribution in [-0.2, 0) is 0 Å². The van der Waals surface area contributed by atoms with E-state index in [1.807, 2.05) is 5.57 Å². The molecule has 5 atom stereocenters. The van der Waals surface area contributed by atoms with Gasteiger partial charge in [-0.05, 0) is 61.2 Å². The normalized spacial score (nSPS) is 50.2. The topological polar surface area (TPSA) is 0 Å². The summed E-state index contributed by atoms with van der Waals surface area (Å²) in [5, 5.41) is 0. The molecular formula is C17H28. The van der Waals surface area contributed by atoms with Crippen molar-refractivity contribution in [2.75, 3.05) is 0 Å². The molecule has 0 aromatic heterocycles. The lowest BCUT2D eigenvalue weighted by Crippen LogP contribution is -2.44. The van der Waals surface area contributed by atoms with Crippen molar-refractivity contribution < 1.29 is 0 Å². The maximum atomic E-state index is 2.66. The second-order valence-corrected chi connectivity index (χ2v) is 7.40. The Hall–Kier alpha value is -0.260. The largest absolute Gasteiger partial charge is 0.0842 e. The van der Waals surface area contributed by atoms with Crippen LogP contribution in [0.25, 0.3) is 0 Å². The summed E-state index contributed by atoms with van der Waals surface area (Å²) in [5.41, 5.74) is 2.47. The second-order valence-electron chi connectivity index (χ2n) is 7.40. The first kappa shape index (κ1) is 11.8. The molecule has 2 fully saturated rings. The summed E-state index contributed by atoms with van der Waals surface area (Å²) in [6, 6.07) is 0. The van der Waals surface area contributed by atoms with E-state index in [0.29, 0.717) is 5.41 Å². The molecule has 3 aliphatic rings. The van der Waals surface area contributed by atoms with Crippen molar-refractivity contribution in [2.24, 2.45) is 29.1 Å². The average Bonchev–Trinajstić information content (AvgIpc) is 2.28. The minimum atomic E-state index is 0.584. The van der Waals surface area contributed by atoms with Gasteiger partial charge in [0.15, 0.2) is 0 Å². The Morgan fingerprint density at radius 3 is 2.82 bits per heavy atom. The molecular weight excluding hydrogens is 204 g/mol. The SMILES string of the molecule is C[C@@H]1CC=C2C(CCC3[C@@H](C)CCC[C@@]23C)C1. The van der Waals surface area contributed by atoms with Crippen LogP contribution in [0.1, 0.15) is 65.7 Å². The Bertz CT molecular complexity index is 327. The van der Waals surface area contributed by atoms with E-state index in [-0.39, 0.29) is 0 Å². The van der Waals surface area contributed by atoms with E-state index in [0.717, 1.165) is 23.7 Å². The van der Waals surface area contributed by atoms with Gasteiger partial charge < -0.3 is 0 Å². The quantitative estimate of drug-likeness (QED) is 0.504. The van der Waals surface area contributed by atoms with Crippen molar-refractivity contribution in [2.45, 2.75) is 65.7 Å². The van der Waals surface area contributed by atoms with E-state index in [2.05, 4.69) is 26.8 Å². The van der Waals surface area contributed by atoms with Gasteiger partial charge in [0.25, 0.3) is 0 Å². The van der Waals surface area contributed by atoms with Gasteiger partial charge in [0.05, 0.1) is 0 Å². The van der Waals surface area contributed by atoms with E-state index in [1.54, 1.807) is 0 Å². The lowest BCUT2D eigenvalue weighted by atomic mass is 9.51. The molecule has 0 aromatic carbocycles. The molecule has 2 unspecified atom stereocenters. The summed E-state index contributed by atoms with van der Waals surface area (Å²) in [5.74, 6) is 3.84. The minimum absolute atomic E-state index is 0.584. The van der Waals surface area contributed by atoms with Crippen molar-refractivity contribution in [3.63, 3.8) is 0 Å². The second kappa shape index (κ2) is 4.14. The Balaban J connectivity index is 1.93. The highest BCUT2D eigenvalue weighted by molar-refractivity contribution is 5.24.